The van der Waals surface area contributed by atoms with Gasteiger partial charge in [0.15, 0.2) is 0 Å². The van der Waals surface area contributed by atoms with E-state index in [1.807, 2.05) is 59.4 Å². The number of hydrogen-bond donors (Lipinski definition) is 3. The molecule has 0 bridgehead atoms. The van der Waals surface area contributed by atoms with Gasteiger partial charge < -0.3 is 15.7 Å². The standard InChI is InChI=1S/C19H22N4O2/c1-13(2)23-18-10-16(9-8-15(18)11-20-23)21-19(25)22-17(12-24)14-6-4-3-5-7-14/h3-11,13,17,24H,12H2,1-2H3,(H2,21,22,25). The van der Waals surface area contributed by atoms with Gasteiger partial charge in [-0.3, -0.25) is 4.68 Å². The van der Waals surface area contributed by atoms with Crippen LogP contribution in [0.5, 0.6) is 0 Å². The predicted molar refractivity (Wildman–Crippen MR) is 98.5 cm³/mol. The van der Waals surface area contributed by atoms with Crippen molar-refractivity contribution in [2.75, 3.05) is 11.9 Å². The van der Waals surface area contributed by atoms with Crippen LogP contribution in [-0.2, 0) is 0 Å². The number of anilines is 1. The SMILES string of the molecule is CC(C)n1ncc2ccc(NC(=O)NC(CO)c3ccccc3)cc21. The lowest BCUT2D eigenvalue weighted by Crippen LogP contribution is -2.34. The van der Waals surface area contributed by atoms with E-state index in [-0.39, 0.29) is 18.7 Å². The molecule has 0 saturated carbocycles. The highest BCUT2D eigenvalue weighted by Gasteiger charge is 2.14. The Balaban J connectivity index is 1.74. The lowest BCUT2D eigenvalue weighted by atomic mass is 10.1. The fourth-order valence-corrected chi connectivity index (χ4v) is 2.77. The number of carbonyl (C=O) groups excluding carboxylic acids is 1. The highest BCUT2D eigenvalue weighted by Crippen LogP contribution is 2.22. The van der Waals surface area contributed by atoms with Crippen molar-refractivity contribution in [2.24, 2.45) is 0 Å². The van der Waals surface area contributed by atoms with Gasteiger partial charge in [0, 0.05) is 17.1 Å². The number of aliphatic hydroxyl groups is 1. The molecule has 1 heterocycles. The summed E-state index contributed by atoms with van der Waals surface area (Å²) in [7, 11) is 0. The molecule has 25 heavy (non-hydrogen) atoms. The molecule has 0 fully saturated rings. The molecule has 0 radical (unpaired) electrons. The van der Waals surface area contributed by atoms with E-state index in [9.17, 15) is 9.90 Å². The van der Waals surface area contributed by atoms with E-state index in [0.717, 1.165) is 16.5 Å². The Bertz CT molecular complexity index is 858. The Hall–Kier alpha value is -2.86. The molecular formula is C19H22N4O2. The minimum atomic E-state index is -0.453. The fourth-order valence-electron chi connectivity index (χ4n) is 2.77. The zero-order chi connectivity index (χ0) is 17.8. The molecule has 0 spiro atoms. The number of aliphatic hydroxyl groups excluding tert-OH is 1. The topological polar surface area (TPSA) is 79.2 Å². The molecule has 1 aromatic heterocycles. The van der Waals surface area contributed by atoms with Crippen LogP contribution in [0.25, 0.3) is 10.9 Å². The first kappa shape index (κ1) is 17.0. The van der Waals surface area contributed by atoms with Crippen molar-refractivity contribution < 1.29 is 9.90 Å². The maximum Gasteiger partial charge on any atom is 0.319 e. The third-order valence-electron chi connectivity index (χ3n) is 4.04. The molecule has 0 aliphatic carbocycles. The van der Waals surface area contributed by atoms with E-state index in [2.05, 4.69) is 29.6 Å². The molecule has 0 saturated heterocycles. The Kier molecular flexibility index (Phi) is 5.00. The molecule has 2 aromatic carbocycles. The van der Waals surface area contributed by atoms with E-state index >= 15 is 0 Å². The van der Waals surface area contributed by atoms with Crippen LogP contribution in [0.1, 0.15) is 31.5 Å². The smallest absolute Gasteiger partial charge is 0.319 e. The average Bonchev–Trinajstić information content (AvgIpc) is 3.04. The van der Waals surface area contributed by atoms with E-state index in [4.69, 9.17) is 0 Å². The van der Waals surface area contributed by atoms with E-state index < -0.39 is 6.04 Å². The van der Waals surface area contributed by atoms with Gasteiger partial charge in [0.1, 0.15) is 0 Å². The van der Waals surface area contributed by atoms with Crippen molar-refractivity contribution >= 4 is 22.6 Å². The molecule has 2 amide bonds. The van der Waals surface area contributed by atoms with Crippen LogP contribution in [-0.4, -0.2) is 27.5 Å². The first-order chi connectivity index (χ1) is 12.1. The van der Waals surface area contributed by atoms with E-state index in [1.165, 1.54) is 0 Å². The molecule has 0 aliphatic rings. The van der Waals surface area contributed by atoms with Crippen molar-refractivity contribution in [2.45, 2.75) is 25.9 Å². The second kappa shape index (κ2) is 7.36. The van der Waals surface area contributed by atoms with Crippen molar-refractivity contribution in [1.29, 1.82) is 0 Å². The summed E-state index contributed by atoms with van der Waals surface area (Å²) in [5, 5.41) is 20.6. The molecule has 6 heteroatoms. The van der Waals surface area contributed by atoms with E-state index in [0.29, 0.717) is 5.69 Å². The number of nitrogens with zero attached hydrogens (tertiary/aromatic N) is 2. The lowest BCUT2D eigenvalue weighted by Gasteiger charge is -2.17. The number of aromatic nitrogens is 2. The second-order valence-corrected chi connectivity index (χ2v) is 6.20. The van der Waals surface area contributed by atoms with Crippen molar-refractivity contribution in [3.8, 4) is 0 Å². The highest BCUT2D eigenvalue weighted by atomic mass is 16.3. The quantitative estimate of drug-likeness (QED) is 0.666. The van der Waals surface area contributed by atoms with Crippen molar-refractivity contribution in [3.05, 3.63) is 60.3 Å². The van der Waals surface area contributed by atoms with Crippen LogP contribution in [0.3, 0.4) is 0 Å². The molecule has 1 unspecified atom stereocenters. The number of hydrogen-bond acceptors (Lipinski definition) is 3. The molecule has 3 aromatic rings. The first-order valence-electron chi connectivity index (χ1n) is 8.29. The zero-order valence-corrected chi connectivity index (χ0v) is 14.3. The maximum absolute atomic E-state index is 12.3. The van der Waals surface area contributed by atoms with E-state index in [1.54, 1.807) is 0 Å². The summed E-state index contributed by atoms with van der Waals surface area (Å²) in [4.78, 5) is 12.3. The summed E-state index contributed by atoms with van der Waals surface area (Å²) in [5.41, 5.74) is 2.50. The molecule has 3 rings (SSSR count). The highest BCUT2D eigenvalue weighted by molar-refractivity contribution is 5.92. The lowest BCUT2D eigenvalue weighted by molar-refractivity contribution is 0.225. The van der Waals surface area contributed by atoms with Crippen LogP contribution in [0.2, 0.25) is 0 Å². The monoisotopic (exact) mass is 338 g/mol. The van der Waals surface area contributed by atoms with Gasteiger partial charge in [-0.1, -0.05) is 30.3 Å². The molecule has 130 valence electrons. The van der Waals surface area contributed by atoms with Crippen LogP contribution in [0, 0.1) is 0 Å². The second-order valence-electron chi connectivity index (χ2n) is 6.20. The van der Waals surface area contributed by atoms with Gasteiger partial charge in [0.25, 0.3) is 0 Å². The zero-order valence-electron chi connectivity index (χ0n) is 14.3. The number of fused-ring (bicyclic) bond motifs is 1. The van der Waals surface area contributed by atoms with Crippen LogP contribution in [0.15, 0.2) is 54.7 Å². The Morgan fingerprint density at radius 1 is 1.20 bits per heavy atom. The van der Waals surface area contributed by atoms with Gasteiger partial charge in [0.2, 0.25) is 0 Å². The summed E-state index contributed by atoms with van der Waals surface area (Å²) < 4.78 is 1.92. The molecule has 6 nitrogen and oxygen atoms in total. The van der Waals surface area contributed by atoms with Crippen LogP contribution in [0.4, 0.5) is 10.5 Å². The summed E-state index contributed by atoms with van der Waals surface area (Å²) in [6.45, 7) is 3.95. The Labute approximate surface area is 146 Å². The minimum absolute atomic E-state index is 0.170. The summed E-state index contributed by atoms with van der Waals surface area (Å²) >= 11 is 0. The van der Waals surface area contributed by atoms with Crippen molar-refractivity contribution in [1.82, 2.24) is 15.1 Å². The molecule has 0 aliphatic heterocycles. The summed E-state index contributed by atoms with van der Waals surface area (Å²) in [6, 6.07) is 14.5. The van der Waals surface area contributed by atoms with Crippen LogP contribution < -0.4 is 10.6 Å². The largest absolute Gasteiger partial charge is 0.394 e. The van der Waals surface area contributed by atoms with Crippen molar-refractivity contribution in [3.63, 3.8) is 0 Å². The van der Waals surface area contributed by atoms with Gasteiger partial charge >= 0.3 is 6.03 Å². The fraction of sp³-hybridized carbons (Fsp3) is 0.263. The third kappa shape index (κ3) is 3.80. The number of nitrogens with one attached hydrogen (secondary N) is 2. The molecular weight excluding hydrogens is 316 g/mol. The first-order valence-corrected chi connectivity index (χ1v) is 8.29. The third-order valence-corrected chi connectivity index (χ3v) is 4.04. The van der Waals surface area contributed by atoms with Crippen LogP contribution >= 0.6 is 0 Å². The van der Waals surface area contributed by atoms with Gasteiger partial charge in [-0.25, -0.2) is 4.79 Å². The molecule has 3 N–H and O–H groups in total. The summed E-state index contributed by atoms with van der Waals surface area (Å²) in [5.74, 6) is 0. The van der Waals surface area contributed by atoms with Gasteiger partial charge in [-0.05, 0) is 37.6 Å². The Morgan fingerprint density at radius 3 is 2.64 bits per heavy atom. The van der Waals surface area contributed by atoms with Gasteiger partial charge in [-0.2, -0.15) is 5.10 Å². The number of rotatable bonds is 5. The Morgan fingerprint density at radius 2 is 1.96 bits per heavy atom. The average molecular weight is 338 g/mol. The molecule has 1 atom stereocenters. The van der Waals surface area contributed by atoms with Gasteiger partial charge in [-0.15, -0.1) is 0 Å². The predicted octanol–water partition coefficient (Wildman–Crippen LogP) is 3.47. The number of benzene rings is 2. The van der Waals surface area contributed by atoms with Gasteiger partial charge in [0.05, 0.1) is 24.4 Å². The minimum Gasteiger partial charge on any atom is -0.394 e. The number of urea groups is 1. The maximum atomic E-state index is 12.3. The normalized spacial score (nSPS) is 12.3. The summed E-state index contributed by atoms with van der Waals surface area (Å²) in [6.07, 6.45) is 1.82. The number of carbonyl (C=O) groups is 1. The number of amides is 2.